The molecule has 0 bridgehead atoms. The second-order valence-corrected chi connectivity index (χ2v) is 3.40. The maximum atomic E-state index is 5.13. The lowest BCUT2D eigenvalue weighted by atomic mass is 10.0. The molecule has 0 fully saturated rings. The van der Waals surface area contributed by atoms with Crippen LogP contribution in [0.5, 0.6) is 0 Å². The Morgan fingerprint density at radius 1 is 1.33 bits per heavy atom. The van der Waals surface area contributed by atoms with Gasteiger partial charge in [-0.2, -0.15) is 0 Å². The second-order valence-electron chi connectivity index (χ2n) is 3.40. The molecule has 2 unspecified atom stereocenters. The van der Waals surface area contributed by atoms with Gasteiger partial charge >= 0.3 is 0 Å². The van der Waals surface area contributed by atoms with Gasteiger partial charge in [-0.3, -0.25) is 0 Å². The molecular formula is C10H23NO. The van der Waals surface area contributed by atoms with Crippen molar-refractivity contribution in [1.29, 1.82) is 0 Å². The minimum Gasteiger partial charge on any atom is -0.384 e. The largest absolute Gasteiger partial charge is 0.384 e. The fourth-order valence-electron chi connectivity index (χ4n) is 1.46. The van der Waals surface area contributed by atoms with Crippen molar-refractivity contribution in [2.24, 2.45) is 5.92 Å². The van der Waals surface area contributed by atoms with Crippen LogP contribution in [0, 0.1) is 5.92 Å². The van der Waals surface area contributed by atoms with Gasteiger partial charge in [0, 0.05) is 13.2 Å². The van der Waals surface area contributed by atoms with Crippen molar-refractivity contribution in [1.82, 2.24) is 5.32 Å². The van der Waals surface area contributed by atoms with E-state index >= 15 is 0 Å². The fourth-order valence-corrected chi connectivity index (χ4v) is 1.46. The van der Waals surface area contributed by atoms with Crippen molar-refractivity contribution in [2.45, 2.75) is 39.7 Å². The number of hydrogen-bond donors (Lipinski definition) is 1. The molecule has 0 radical (unpaired) electrons. The summed E-state index contributed by atoms with van der Waals surface area (Å²) >= 11 is 0. The molecular weight excluding hydrogens is 150 g/mol. The Morgan fingerprint density at radius 2 is 2.00 bits per heavy atom. The topological polar surface area (TPSA) is 21.3 Å². The lowest BCUT2D eigenvalue weighted by Gasteiger charge is -2.23. The van der Waals surface area contributed by atoms with Gasteiger partial charge in [-0.05, 0) is 25.3 Å². The highest BCUT2D eigenvalue weighted by atomic mass is 16.5. The molecule has 2 atom stereocenters. The van der Waals surface area contributed by atoms with Crippen LogP contribution in [0.15, 0.2) is 0 Å². The zero-order chi connectivity index (χ0) is 9.40. The first-order valence-electron chi connectivity index (χ1n) is 4.98. The molecule has 0 heterocycles. The molecule has 0 aliphatic rings. The summed E-state index contributed by atoms with van der Waals surface area (Å²) in [6.07, 6.45) is 2.39. The van der Waals surface area contributed by atoms with Crippen LogP contribution in [0.2, 0.25) is 0 Å². The van der Waals surface area contributed by atoms with Crippen LogP contribution in [-0.4, -0.2) is 26.3 Å². The normalized spacial score (nSPS) is 16.0. The molecule has 0 saturated carbocycles. The molecule has 0 saturated heterocycles. The van der Waals surface area contributed by atoms with Gasteiger partial charge in [0.15, 0.2) is 0 Å². The highest BCUT2D eigenvalue weighted by Crippen LogP contribution is 2.06. The van der Waals surface area contributed by atoms with E-state index in [1.807, 2.05) is 0 Å². The predicted octanol–water partition coefficient (Wildman–Crippen LogP) is 2.05. The second kappa shape index (κ2) is 7.56. The van der Waals surface area contributed by atoms with E-state index in [0.717, 1.165) is 13.2 Å². The Labute approximate surface area is 76.7 Å². The van der Waals surface area contributed by atoms with Gasteiger partial charge in [0.1, 0.15) is 0 Å². The van der Waals surface area contributed by atoms with E-state index in [1.54, 1.807) is 7.11 Å². The molecule has 0 aliphatic heterocycles. The highest BCUT2D eigenvalue weighted by molar-refractivity contribution is 4.70. The van der Waals surface area contributed by atoms with E-state index in [4.69, 9.17) is 4.74 Å². The van der Waals surface area contributed by atoms with E-state index in [9.17, 15) is 0 Å². The molecule has 1 N–H and O–H groups in total. The zero-order valence-corrected chi connectivity index (χ0v) is 8.89. The third-order valence-electron chi connectivity index (χ3n) is 2.21. The minimum atomic E-state index is 0.616. The third-order valence-corrected chi connectivity index (χ3v) is 2.21. The lowest BCUT2D eigenvalue weighted by molar-refractivity contribution is 0.138. The molecule has 0 rings (SSSR count). The smallest absolute Gasteiger partial charge is 0.0502 e. The molecule has 0 aromatic rings. The van der Waals surface area contributed by atoms with Gasteiger partial charge in [0.25, 0.3) is 0 Å². The zero-order valence-electron chi connectivity index (χ0n) is 8.89. The Hall–Kier alpha value is -0.0800. The molecule has 74 valence electrons. The quantitative estimate of drug-likeness (QED) is 0.636. The summed E-state index contributed by atoms with van der Waals surface area (Å²) in [6, 6.07) is 0.616. The Balaban J connectivity index is 3.62. The van der Waals surface area contributed by atoms with Gasteiger partial charge in [-0.1, -0.05) is 20.8 Å². The Morgan fingerprint density at radius 3 is 2.42 bits per heavy atom. The summed E-state index contributed by atoms with van der Waals surface area (Å²) in [5.74, 6) is 0.617. The predicted molar refractivity (Wildman–Crippen MR) is 53.4 cm³/mol. The first kappa shape index (κ1) is 11.9. The first-order chi connectivity index (χ1) is 5.76. The summed E-state index contributed by atoms with van der Waals surface area (Å²) in [4.78, 5) is 0. The maximum Gasteiger partial charge on any atom is 0.0502 e. The number of hydrogen-bond acceptors (Lipinski definition) is 2. The summed E-state index contributed by atoms with van der Waals surface area (Å²) in [6.45, 7) is 8.63. The molecule has 0 aromatic carbocycles. The summed E-state index contributed by atoms with van der Waals surface area (Å²) in [7, 11) is 1.77. The first-order valence-corrected chi connectivity index (χ1v) is 4.98. The molecule has 0 aromatic heterocycles. The standard InChI is InChI=1S/C10H23NO/c1-5-7-11-10(6-2)9(3)8-12-4/h9-11H,5-8H2,1-4H3. The summed E-state index contributed by atoms with van der Waals surface area (Å²) in [5, 5.41) is 3.52. The summed E-state index contributed by atoms with van der Waals surface area (Å²) in [5.41, 5.74) is 0. The van der Waals surface area contributed by atoms with E-state index in [0.29, 0.717) is 12.0 Å². The number of ether oxygens (including phenoxy) is 1. The third kappa shape index (κ3) is 4.73. The average Bonchev–Trinajstić information content (AvgIpc) is 2.06. The lowest BCUT2D eigenvalue weighted by Crippen LogP contribution is -2.36. The van der Waals surface area contributed by atoms with E-state index in [-0.39, 0.29) is 0 Å². The highest BCUT2D eigenvalue weighted by Gasteiger charge is 2.13. The number of methoxy groups -OCH3 is 1. The van der Waals surface area contributed by atoms with E-state index < -0.39 is 0 Å². The average molecular weight is 173 g/mol. The van der Waals surface area contributed by atoms with Gasteiger partial charge < -0.3 is 10.1 Å². The number of nitrogens with one attached hydrogen (secondary N) is 1. The van der Waals surface area contributed by atoms with E-state index in [2.05, 4.69) is 26.1 Å². The molecule has 2 nitrogen and oxygen atoms in total. The molecule has 0 amide bonds. The van der Waals surface area contributed by atoms with Crippen molar-refractivity contribution in [3.63, 3.8) is 0 Å². The minimum absolute atomic E-state index is 0.616. The van der Waals surface area contributed by atoms with Crippen molar-refractivity contribution in [3.8, 4) is 0 Å². The fraction of sp³-hybridized carbons (Fsp3) is 1.00. The molecule has 2 heteroatoms. The van der Waals surface area contributed by atoms with Gasteiger partial charge in [0.05, 0.1) is 6.61 Å². The van der Waals surface area contributed by atoms with Crippen LogP contribution < -0.4 is 5.32 Å². The van der Waals surface area contributed by atoms with Crippen LogP contribution in [0.25, 0.3) is 0 Å². The van der Waals surface area contributed by atoms with Crippen LogP contribution in [0.4, 0.5) is 0 Å². The van der Waals surface area contributed by atoms with Gasteiger partial charge in [-0.25, -0.2) is 0 Å². The molecule has 0 spiro atoms. The number of rotatable bonds is 7. The van der Waals surface area contributed by atoms with Crippen LogP contribution in [0.1, 0.15) is 33.6 Å². The Bertz CT molecular complexity index is 95.8. The van der Waals surface area contributed by atoms with Crippen molar-refractivity contribution < 1.29 is 4.74 Å². The van der Waals surface area contributed by atoms with E-state index in [1.165, 1.54) is 12.8 Å². The molecule has 0 aliphatic carbocycles. The monoisotopic (exact) mass is 173 g/mol. The van der Waals surface area contributed by atoms with Gasteiger partial charge in [0.2, 0.25) is 0 Å². The SMILES string of the molecule is CCCNC(CC)C(C)COC. The maximum absolute atomic E-state index is 5.13. The van der Waals surface area contributed by atoms with Crippen molar-refractivity contribution in [2.75, 3.05) is 20.3 Å². The van der Waals surface area contributed by atoms with Gasteiger partial charge in [-0.15, -0.1) is 0 Å². The van der Waals surface area contributed by atoms with Crippen LogP contribution in [0.3, 0.4) is 0 Å². The molecule has 12 heavy (non-hydrogen) atoms. The van der Waals surface area contributed by atoms with Crippen molar-refractivity contribution >= 4 is 0 Å². The van der Waals surface area contributed by atoms with Crippen molar-refractivity contribution in [3.05, 3.63) is 0 Å². The summed E-state index contributed by atoms with van der Waals surface area (Å²) < 4.78 is 5.13. The van der Waals surface area contributed by atoms with Crippen LogP contribution >= 0.6 is 0 Å². The van der Waals surface area contributed by atoms with Crippen LogP contribution in [-0.2, 0) is 4.74 Å². The Kier molecular flexibility index (Phi) is 7.51.